The molecule has 1 fully saturated rings. The van der Waals surface area contributed by atoms with E-state index in [0.29, 0.717) is 17.5 Å². The molecule has 1 aliphatic rings. The summed E-state index contributed by atoms with van der Waals surface area (Å²) in [7, 11) is 0. The molecule has 0 bridgehead atoms. The van der Waals surface area contributed by atoms with Crippen molar-refractivity contribution in [3.8, 4) is 5.75 Å². The number of thiazole rings is 1. The molecule has 2 aromatic rings. The van der Waals surface area contributed by atoms with Gasteiger partial charge in [0.05, 0.1) is 10.2 Å². The first kappa shape index (κ1) is 14.6. The maximum Gasteiger partial charge on any atom is 0.144 e. The summed E-state index contributed by atoms with van der Waals surface area (Å²) in [6, 6.07) is 4.07. The molecular formula is C17H24N2OS. The molecule has 2 N–H and O–H groups in total. The zero-order valence-corrected chi connectivity index (χ0v) is 13.8. The van der Waals surface area contributed by atoms with Gasteiger partial charge in [-0.15, -0.1) is 11.3 Å². The highest BCUT2D eigenvalue weighted by atomic mass is 32.1. The van der Waals surface area contributed by atoms with Gasteiger partial charge >= 0.3 is 0 Å². The second kappa shape index (κ2) is 5.84. The van der Waals surface area contributed by atoms with Crippen LogP contribution < -0.4 is 10.5 Å². The van der Waals surface area contributed by atoms with Crippen molar-refractivity contribution in [3.05, 3.63) is 17.6 Å². The Morgan fingerprint density at radius 2 is 2.14 bits per heavy atom. The first-order valence-corrected chi connectivity index (χ1v) is 8.72. The molecule has 4 heteroatoms. The first-order valence-electron chi connectivity index (χ1n) is 7.84. The fourth-order valence-corrected chi connectivity index (χ4v) is 4.14. The van der Waals surface area contributed by atoms with Gasteiger partial charge in [-0.3, -0.25) is 0 Å². The number of nitrogens with zero attached hydrogens (tertiary/aromatic N) is 1. The van der Waals surface area contributed by atoms with E-state index in [9.17, 15) is 0 Å². The normalized spacial score (nSPS) is 26.4. The van der Waals surface area contributed by atoms with E-state index in [1.165, 1.54) is 12.8 Å². The van der Waals surface area contributed by atoms with E-state index in [4.69, 9.17) is 10.5 Å². The van der Waals surface area contributed by atoms with Crippen molar-refractivity contribution in [2.45, 2.75) is 46.1 Å². The van der Waals surface area contributed by atoms with E-state index in [1.54, 1.807) is 11.3 Å². The van der Waals surface area contributed by atoms with Crippen LogP contribution in [0, 0.1) is 17.8 Å². The van der Waals surface area contributed by atoms with Crippen LogP contribution in [0.2, 0.25) is 0 Å². The van der Waals surface area contributed by atoms with Gasteiger partial charge in [0.25, 0.3) is 0 Å². The molecule has 1 aromatic heterocycles. The minimum absolute atomic E-state index is 0.270. The molecule has 3 atom stereocenters. The number of anilines is 1. The van der Waals surface area contributed by atoms with Crippen molar-refractivity contribution in [2.75, 3.05) is 5.73 Å². The Morgan fingerprint density at radius 3 is 2.90 bits per heavy atom. The Kier molecular flexibility index (Phi) is 4.07. The van der Waals surface area contributed by atoms with Crippen LogP contribution in [0.1, 0.15) is 40.0 Å². The van der Waals surface area contributed by atoms with Gasteiger partial charge in [-0.05, 0) is 42.7 Å². The molecule has 1 heterocycles. The van der Waals surface area contributed by atoms with Gasteiger partial charge in [0.2, 0.25) is 0 Å². The van der Waals surface area contributed by atoms with E-state index in [-0.39, 0.29) is 6.10 Å². The zero-order valence-electron chi connectivity index (χ0n) is 13.0. The van der Waals surface area contributed by atoms with E-state index >= 15 is 0 Å². The summed E-state index contributed by atoms with van der Waals surface area (Å²) in [6.07, 6.45) is 3.95. The number of rotatable bonds is 3. The lowest BCUT2D eigenvalue weighted by Gasteiger charge is -2.37. The van der Waals surface area contributed by atoms with Gasteiger partial charge in [0.1, 0.15) is 23.1 Å². The van der Waals surface area contributed by atoms with Gasteiger partial charge in [-0.1, -0.05) is 27.2 Å². The number of ether oxygens (including phenoxy) is 1. The minimum atomic E-state index is 0.270. The molecule has 0 radical (unpaired) electrons. The highest BCUT2D eigenvalue weighted by Gasteiger charge is 2.32. The fraction of sp³-hybridized carbons (Fsp3) is 0.588. The van der Waals surface area contributed by atoms with Crippen molar-refractivity contribution in [1.29, 1.82) is 0 Å². The number of nitrogen functional groups attached to an aromatic ring is 1. The van der Waals surface area contributed by atoms with Crippen LogP contribution in [0.5, 0.6) is 5.75 Å². The molecule has 1 aromatic carbocycles. The fourth-order valence-electron chi connectivity index (χ4n) is 3.45. The lowest BCUT2D eigenvalue weighted by Crippen LogP contribution is -2.36. The van der Waals surface area contributed by atoms with Gasteiger partial charge in [-0.2, -0.15) is 0 Å². The minimum Gasteiger partial charge on any atom is -0.488 e. The molecule has 1 saturated carbocycles. The van der Waals surface area contributed by atoms with Crippen molar-refractivity contribution in [1.82, 2.24) is 4.98 Å². The predicted molar refractivity (Wildman–Crippen MR) is 89.8 cm³/mol. The first-order chi connectivity index (χ1) is 10.1. The standard InChI is InChI=1S/C17H24N2OS/c1-10(2)12-5-4-11(3)8-14(12)20-13-6-7-15-17(16(13)18)19-9-21-15/h6-7,9-12,14H,4-5,8,18H2,1-3H3. The molecule has 3 unspecified atom stereocenters. The molecule has 3 nitrogen and oxygen atoms in total. The van der Waals surface area contributed by atoms with E-state index in [0.717, 1.165) is 28.3 Å². The van der Waals surface area contributed by atoms with Gasteiger partial charge in [0, 0.05) is 0 Å². The number of benzene rings is 1. The smallest absolute Gasteiger partial charge is 0.144 e. The maximum absolute atomic E-state index is 6.35. The summed E-state index contributed by atoms with van der Waals surface area (Å²) in [6.45, 7) is 6.91. The summed E-state index contributed by atoms with van der Waals surface area (Å²) < 4.78 is 7.47. The van der Waals surface area contributed by atoms with Crippen LogP contribution in [-0.4, -0.2) is 11.1 Å². The average molecular weight is 304 g/mol. The second-order valence-corrected chi connectivity index (χ2v) is 7.55. The number of aromatic nitrogens is 1. The van der Waals surface area contributed by atoms with E-state index in [1.807, 2.05) is 11.6 Å². The van der Waals surface area contributed by atoms with Gasteiger partial charge in [0.15, 0.2) is 0 Å². The highest BCUT2D eigenvalue weighted by molar-refractivity contribution is 7.16. The SMILES string of the molecule is CC1CCC(C(C)C)C(Oc2ccc3scnc3c2N)C1. The van der Waals surface area contributed by atoms with Crippen LogP contribution in [0.15, 0.2) is 17.6 Å². The molecular weight excluding hydrogens is 280 g/mol. The van der Waals surface area contributed by atoms with Crippen molar-refractivity contribution >= 4 is 27.2 Å². The Hall–Kier alpha value is -1.29. The molecule has 0 aliphatic heterocycles. The monoisotopic (exact) mass is 304 g/mol. The molecule has 114 valence electrons. The molecule has 21 heavy (non-hydrogen) atoms. The topological polar surface area (TPSA) is 48.1 Å². The average Bonchev–Trinajstić information content (AvgIpc) is 2.91. The lowest BCUT2D eigenvalue weighted by molar-refractivity contribution is 0.0466. The largest absolute Gasteiger partial charge is 0.488 e. The molecule has 3 rings (SSSR count). The van der Waals surface area contributed by atoms with Gasteiger partial charge < -0.3 is 10.5 Å². The summed E-state index contributed by atoms with van der Waals surface area (Å²) in [5, 5.41) is 0. The van der Waals surface area contributed by atoms with Gasteiger partial charge in [-0.25, -0.2) is 4.98 Å². The molecule has 0 spiro atoms. The van der Waals surface area contributed by atoms with Crippen LogP contribution in [0.3, 0.4) is 0 Å². The van der Waals surface area contributed by atoms with Crippen LogP contribution in [0.25, 0.3) is 10.2 Å². The highest BCUT2D eigenvalue weighted by Crippen LogP contribution is 2.39. The molecule has 0 amide bonds. The third-order valence-corrected chi connectivity index (χ3v) is 5.54. The number of hydrogen-bond donors (Lipinski definition) is 1. The predicted octanol–water partition coefficient (Wildman–Crippen LogP) is 4.72. The van der Waals surface area contributed by atoms with Crippen molar-refractivity contribution < 1.29 is 4.74 Å². The van der Waals surface area contributed by atoms with Crippen LogP contribution in [0.4, 0.5) is 5.69 Å². The van der Waals surface area contributed by atoms with Crippen LogP contribution >= 0.6 is 11.3 Å². The van der Waals surface area contributed by atoms with Crippen LogP contribution in [-0.2, 0) is 0 Å². The Balaban J connectivity index is 1.86. The lowest BCUT2D eigenvalue weighted by atomic mass is 9.75. The Bertz CT molecular complexity index is 622. The maximum atomic E-state index is 6.35. The number of fused-ring (bicyclic) bond motifs is 1. The summed E-state index contributed by atoms with van der Waals surface area (Å²) in [4.78, 5) is 4.35. The van der Waals surface area contributed by atoms with Crippen molar-refractivity contribution in [2.24, 2.45) is 17.8 Å². The van der Waals surface area contributed by atoms with E-state index < -0.39 is 0 Å². The quantitative estimate of drug-likeness (QED) is 0.835. The molecule has 1 aliphatic carbocycles. The summed E-state index contributed by atoms with van der Waals surface area (Å²) >= 11 is 1.62. The molecule has 0 saturated heterocycles. The summed E-state index contributed by atoms with van der Waals surface area (Å²) in [5.41, 5.74) is 9.66. The number of nitrogens with two attached hydrogens (primary N) is 1. The van der Waals surface area contributed by atoms with Crippen molar-refractivity contribution in [3.63, 3.8) is 0 Å². The summed E-state index contributed by atoms with van der Waals surface area (Å²) in [5.74, 6) is 2.80. The number of hydrogen-bond acceptors (Lipinski definition) is 4. The van der Waals surface area contributed by atoms with E-state index in [2.05, 4.69) is 31.8 Å². The zero-order chi connectivity index (χ0) is 15.0. The third-order valence-electron chi connectivity index (χ3n) is 4.74. The Morgan fingerprint density at radius 1 is 1.33 bits per heavy atom. The Labute approximate surface area is 130 Å². The third kappa shape index (κ3) is 2.86. The second-order valence-electron chi connectivity index (χ2n) is 6.66.